The van der Waals surface area contributed by atoms with E-state index in [1.807, 2.05) is 18.2 Å². The standard InChI is InChI=1S/C25H25Cl2NO5/c1-16(2)14-32-22-5-3-4-6-23(22)33-15-21-19(26)13-20(27)24(29)28(21)12-11-17-7-9-18(10-8-17)25(30)31/h3-10,13,16H,11-12,14-15H2,1-2H3,(H,30,31). The summed E-state index contributed by atoms with van der Waals surface area (Å²) in [5.74, 6) is 0.533. The van der Waals surface area contributed by atoms with Crippen molar-refractivity contribution in [2.24, 2.45) is 5.92 Å². The van der Waals surface area contributed by atoms with Crippen LogP contribution in [0.2, 0.25) is 10.0 Å². The van der Waals surface area contributed by atoms with Crippen molar-refractivity contribution in [3.05, 3.63) is 91.8 Å². The predicted octanol–water partition coefficient (Wildman–Crippen LogP) is 5.71. The highest BCUT2D eigenvalue weighted by Gasteiger charge is 2.15. The number of halogens is 2. The molecule has 0 fully saturated rings. The maximum Gasteiger partial charge on any atom is 0.335 e. The van der Waals surface area contributed by atoms with Gasteiger partial charge in [0.1, 0.15) is 11.6 Å². The molecule has 0 atom stereocenters. The van der Waals surface area contributed by atoms with Crippen LogP contribution in [0.25, 0.3) is 0 Å². The minimum atomic E-state index is -0.989. The van der Waals surface area contributed by atoms with Crippen molar-refractivity contribution >= 4 is 29.2 Å². The molecule has 0 unspecified atom stereocenters. The number of para-hydroxylation sites is 2. The molecule has 0 amide bonds. The summed E-state index contributed by atoms with van der Waals surface area (Å²) in [5.41, 5.74) is 1.20. The fraction of sp³-hybridized carbons (Fsp3) is 0.280. The number of ether oxygens (including phenoxy) is 2. The molecule has 174 valence electrons. The van der Waals surface area contributed by atoms with Gasteiger partial charge in [0.25, 0.3) is 5.56 Å². The molecule has 1 N–H and O–H groups in total. The fourth-order valence-electron chi connectivity index (χ4n) is 3.17. The first kappa shape index (κ1) is 24.7. The molecule has 0 saturated carbocycles. The van der Waals surface area contributed by atoms with Gasteiger partial charge in [-0.3, -0.25) is 4.79 Å². The minimum absolute atomic E-state index is 0.0191. The van der Waals surface area contributed by atoms with Crippen LogP contribution in [0.5, 0.6) is 11.5 Å². The summed E-state index contributed by atoms with van der Waals surface area (Å²) in [6.45, 7) is 5.02. The van der Waals surface area contributed by atoms with Gasteiger partial charge in [-0.15, -0.1) is 0 Å². The molecule has 1 heterocycles. The lowest BCUT2D eigenvalue weighted by molar-refractivity contribution is 0.0697. The minimum Gasteiger partial charge on any atom is -0.489 e. The first-order chi connectivity index (χ1) is 15.8. The van der Waals surface area contributed by atoms with Gasteiger partial charge in [0, 0.05) is 6.54 Å². The summed E-state index contributed by atoms with van der Waals surface area (Å²) in [6.07, 6.45) is 0.484. The highest BCUT2D eigenvalue weighted by molar-refractivity contribution is 6.34. The Morgan fingerprint density at radius 3 is 2.24 bits per heavy atom. The first-order valence-corrected chi connectivity index (χ1v) is 11.3. The third kappa shape index (κ3) is 6.53. The van der Waals surface area contributed by atoms with Gasteiger partial charge in [0.05, 0.1) is 22.9 Å². The van der Waals surface area contributed by atoms with Crippen molar-refractivity contribution in [1.29, 1.82) is 0 Å². The van der Waals surface area contributed by atoms with Crippen LogP contribution in [-0.2, 0) is 19.6 Å². The second-order valence-electron chi connectivity index (χ2n) is 7.94. The zero-order valence-corrected chi connectivity index (χ0v) is 19.9. The van der Waals surface area contributed by atoms with E-state index in [1.54, 1.807) is 18.2 Å². The number of rotatable bonds is 10. The first-order valence-electron chi connectivity index (χ1n) is 10.5. The van der Waals surface area contributed by atoms with Gasteiger partial charge in [0.2, 0.25) is 0 Å². The van der Waals surface area contributed by atoms with Crippen molar-refractivity contribution in [2.45, 2.75) is 33.4 Å². The molecule has 1 aromatic heterocycles. The maximum atomic E-state index is 12.8. The fourth-order valence-corrected chi connectivity index (χ4v) is 3.70. The monoisotopic (exact) mass is 489 g/mol. The Bertz CT molecular complexity index is 1170. The average Bonchev–Trinajstić information content (AvgIpc) is 2.79. The Morgan fingerprint density at radius 2 is 1.64 bits per heavy atom. The molecule has 8 heteroatoms. The number of aryl methyl sites for hydroxylation is 1. The Morgan fingerprint density at radius 1 is 1.00 bits per heavy atom. The third-order valence-corrected chi connectivity index (χ3v) is 5.51. The van der Waals surface area contributed by atoms with Crippen LogP contribution < -0.4 is 15.0 Å². The van der Waals surface area contributed by atoms with Gasteiger partial charge < -0.3 is 19.1 Å². The number of carboxylic acid groups (broad SMARTS) is 1. The quantitative estimate of drug-likeness (QED) is 0.394. The maximum absolute atomic E-state index is 12.8. The topological polar surface area (TPSA) is 77.8 Å². The predicted molar refractivity (Wildman–Crippen MR) is 129 cm³/mol. The summed E-state index contributed by atoms with van der Waals surface area (Å²) < 4.78 is 13.3. The van der Waals surface area contributed by atoms with E-state index in [4.69, 9.17) is 37.8 Å². The summed E-state index contributed by atoms with van der Waals surface area (Å²) in [5, 5.41) is 9.39. The number of carbonyl (C=O) groups is 1. The summed E-state index contributed by atoms with van der Waals surface area (Å²) >= 11 is 12.5. The van der Waals surface area contributed by atoms with Crippen LogP contribution >= 0.6 is 23.2 Å². The van der Waals surface area contributed by atoms with Gasteiger partial charge in [-0.1, -0.05) is 61.3 Å². The largest absolute Gasteiger partial charge is 0.489 e. The molecule has 0 bridgehead atoms. The van der Waals surface area contributed by atoms with E-state index in [1.165, 1.54) is 22.8 Å². The van der Waals surface area contributed by atoms with Gasteiger partial charge in [-0.25, -0.2) is 4.79 Å². The van der Waals surface area contributed by atoms with E-state index in [0.717, 1.165) is 5.56 Å². The number of hydrogen-bond donors (Lipinski definition) is 1. The number of carboxylic acids is 1. The Balaban J connectivity index is 1.81. The Labute approximate surface area is 202 Å². The number of aromatic carboxylic acids is 1. The zero-order valence-electron chi connectivity index (χ0n) is 18.4. The van der Waals surface area contributed by atoms with Crippen molar-refractivity contribution < 1.29 is 19.4 Å². The van der Waals surface area contributed by atoms with Crippen molar-refractivity contribution in [1.82, 2.24) is 4.57 Å². The number of nitrogens with zero attached hydrogens (tertiary/aromatic N) is 1. The number of pyridine rings is 1. The molecule has 3 aromatic rings. The number of benzene rings is 2. The molecule has 0 radical (unpaired) electrons. The highest BCUT2D eigenvalue weighted by Crippen LogP contribution is 2.29. The molecule has 6 nitrogen and oxygen atoms in total. The molecule has 0 saturated heterocycles. The number of hydrogen-bond acceptors (Lipinski definition) is 4. The lowest BCUT2D eigenvalue weighted by Gasteiger charge is -2.18. The molecule has 0 aliphatic carbocycles. The molecule has 33 heavy (non-hydrogen) atoms. The van der Waals surface area contributed by atoms with E-state index in [0.29, 0.717) is 47.7 Å². The summed E-state index contributed by atoms with van der Waals surface area (Å²) in [7, 11) is 0. The Kier molecular flexibility index (Phi) is 8.42. The van der Waals surface area contributed by atoms with Gasteiger partial charge in [-0.2, -0.15) is 0 Å². The van der Waals surface area contributed by atoms with Crippen LogP contribution in [0.4, 0.5) is 0 Å². The van der Waals surface area contributed by atoms with Crippen LogP contribution in [0, 0.1) is 5.92 Å². The van der Waals surface area contributed by atoms with E-state index < -0.39 is 5.97 Å². The van der Waals surface area contributed by atoms with E-state index in [9.17, 15) is 9.59 Å². The van der Waals surface area contributed by atoms with Crippen LogP contribution in [0.15, 0.2) is 59.4 Å². The van der Waals surface area contributed by atoms with Crippen LogP contribution in [0.3, 0.4) is 0 Å². The molecule has 3 rings (SSSR count). The smallest absolute Gasteiger partial charge is 0.335 e. The summed E-state index contributed by atoms with van der Waals surface area (Å²) in [6, 6.07) is 15.3. The van der Waals surface area contributed by atoms with Gasteiger partial charge in [0.15, 0.2) is 11.5 Å². The van der Waals surface area contributed by atoms with Crippen LogP contribution in [0.1, 0.15) is 35.5 Å². The van der Waals surface area contributed by atoms with Crippen molar-refractivity contribution in [3.63, 3.8) is 0 Å². The van der Waals surface area contributed by atoms with E-state index >= 15 is 0 Å². The van der Waals surface area contributed by atoms with Crippen molar-refractivity contribution in [3.8, 4) is 11.5 Å². The molecule has 0 aliphatic heterocycles. The molecular formula is C25H25Cl2NO5. The number of aromatic nitrogens is 1. The normalized spacial score (nSPS) is 10.9. The Hall–Kier alpha value is -2.96. The lowest BCUT2D eigenvalue weighted by atomic mass is 10.1. The van der Waals surface area contributed by atoms with Gasteiger partial charge in [-0.05, 0) is 48.2 Å². The molecule has 0 spiro atoms. The second-order valence-corrected chi connectivity index (χ2v) is 8.75. The van der Waals surface area contributed by atoms with E-state index in [2.05, 4.69) is 13.8 Å². The van der Waals surface area contributed by atoms with E-state index in [-0.39, 0.29) is 22.8 Å². The lowest BCUT2D eigenvalue weighted by Crippen LogP contribution is -2.26. The van der Waals surface area contributed by atoms with Crippen LogP contribution in [-0.4, -0.2) is 22.2 Å². The molecule has 2 aromatic carbocycles. The average molecular weight is 490 g/mol. The second kappa shape index (κ2) is 11.3. The van der Waals surface area contributed by atoms with Gasteiger partial charge >= 0.3 is 5.97 Å². The van der Waals surface area contributed by atoms with Crippen molar-refractivity contribution in [2.75, 3.05) is 6.61 Å². The third-order valence-electron chi connectivity index (χ3n) is 4.92. The highest BCUT2D eigenvalue weighted by atomic mass is 35.5. The summed E-state index contributed by atoms with van der Waals surface area (Å²) in [4.78, 5) is 23.8. The zero-order chi connectivity index (χ0) is 24.0. The SMILES string of the molecule is CC(C)COc1ccccc1OCc1c(Cl)cc(Cl)c(=O)n1CCc1ccc(C(=O)O)cc1. The molecule has 0 aliphatic rings. The molecular weight excluding hydrogens is 465 g/mol.